The number of halogens is 2. The van der Waals surface area contributed by atoms with Crippen LogP contribution in [0.3, 0.4) is 0 Å². The third-order valence-corrected chi connectivity index (χ3v) is 4.07. The Morgan fingerprint density at radius 2 is 1.73 bits per heavy atom. The SMILES string of the molecule is COc1cccc(-c2nnc3[nH]nc(N)c3c2-c2c(F)cccc2F)c1. The molecule has 2 aromatic heterocycles. The Balaban J connectivity index is 2.13. The van der Waals surface area contributed by atoms with Crippen LogP contribution in [-0.2, 0) is 0 Å². The highest BCUT2D eigenvalue weighted by molar-refractivity contribution is 6.05. The lowest BCUT2D eigenvalue weighted by Crippen LogP contribution is -1.99. The summed E-state index contributed by atoms with van der Waals surface area (Å²) in [4.78, 5) is 0. The molecule has 0 aliphatic carbocycles. The van der Waals surface area contributed by atoms with Gasteiger partial charge in [0.15, 0.2) is 11.5 Å². The van der Waals surface area contributed by atoms with Crippen molar-refractivity contribution < 1.29 is 13.5 Å². The normalized spacial score (nSPS) is 11.0. The second-order valence-electron chi connectivity index (χ2n) is 5.58. The molecular formula is C18H13F2N5O. The minimum absolute atomic E-state index is 0.0803. The third kappa shape index (κ3) is 2.43. The van der Waals surface area contributed by atoms with Crippen molar-refractivity contribution in [3.8, 4) is 28.1 Å². The van der Waals surface area contributed by atoms with Crippen LogP contribution in [0.2, 0.25) is 0 Å². The van der Waals surface area contributed by atoms with Gasteiger partial charge in [-0.3, -0.25) is 5.10 Å². The van der Waals surface area contributed by atoms with Gasteiger partial charge in [0.1, 0.15) is 23.1 Å². The molecule has 0 saturated carbocycles. The predicted octanol–water partition coefficient (Wildman–Crippen LogP) is 3.56. The Morgan fingerprint density at radius 1 is 1.00 bits per heavy atom. The molecule has 0 fully saturated rings. The van der Waals surface area contributed by atoms with Gasteiger partial charge in [0, 0.05) is 11.1 Å². The Hall–Kier alpha value is -3.55. The van der Waals surface area contributed by atoms with Crippen molar-refractivity contribution in [2.24, 2.45) is 0 Å². The number of nitrogen functional groups attached to an aromatic ring is 1. The largest absolute Gasteiger partial charge is 0.497 e. The van der Waals surface area contributed by atoms with E-state index in [9.17, 15) is 8.78 Å². The molecule has 6 nitrogen and oxygen atoms in total. The maximum absolute atomic E-state index is 14.6. The number of nitrogens with two attached hydrogens (primary N) is 1. The number of aromatic nitrogens is 4. The van der Waals surface area contributed by atoms with Crippen molar-refractivity contribution >= 4 is 16.9 Å². The number of hydrogen-bond acceptors (Lipinski definition) is 5. The predicted molar refractivity (Wildman–Crippen MR) is 93.4 cm³/mol. The van der Waals surface area contributed by atoms with E-state index in [-0.39, 0.29) is 28.3 Å². The average Bonchev–Trinajstić information content (AvgIpc) is 3.03. The molecule has 3 N–H and O–H groups in total. The van der Waals surface area contributed by atoms with Crippen LogP contribution in [0.1, 0.15) is 0 Å². The fraction of sp³-hybridized carbons (Fsp3) is 0.0556. The lowest BCUT2D eigenvalue weighted by Gasteiger charge is -2.12. The van der Waals surface area contributed by atoms with Crippen LogP contribution in [0, 0.1) is 11.6 Å². The number of nitrogens with one attached hydrogen (secondary N) is 1. The molecule has 0 aliphatic heterocycles. The van der Waals surface area contributed by atoms with E-state index in [1.165, 1.54) is 25.3 Å². The van der Waals surface area contributed by atoms with E-state index < -0.39 is 11.6 Å². The summed E-state index contributed by atoms with van der Waals surface area (Å²) in [5.41, 5.74) is 6.98. The van der Waals surface area contributed by atoms with Crippen LogP contribution in [0.25, 0.3) is 33.4 Å². The molecule has 26 heavy (non-hydrogen) atoms. The van der Waals surface area contributed by atoms with Crippen LogP contribution in [-0.4, -0.2) is 27.5 Å². The highest BCUT2D eigenvalue weighted by atomic mass is 19.1. The van der Waals surface area contributed by atoms with Gasteiger partial charge in [-0.2, -0.15) is 5.10 Å². The molecule has 0 radical (unpaired) electrons. The maximum atomic E-state index is 14.6. The van der Waals surface area contributed by atoms with Crippen LogP contribution >= 0.6 is 0 Å². The van der Waals surface area contributed by atoms with Crippen molar-refractivity contribution in [2.45, 2.75) is 0 Å². The molecule has 2 aromatic carbocycles. The van der Waals surface area contributed by atoms with Gasteiger partial charge in [-0.15, -0.1) is 10.2 Å². The first-order chi connectivity index (χ1) is 12.6. The molecule has 0 aliphatic rings. The summed E-state index contributed by atoms with van der Waals surface area (Å²) in [6, 6.07) is 10.6. The van der Waals surface area contributed by atoms with Gasteiger partial charge in [-0.05, 0) is 24.3 Å². The summed E-state index contributed by atoms with van der Waals surface area (Å²) < 4.78 is 34.3. The first-order valence-electron chi connectivity index (χ1n) is 7.69. The van der Waals surface area contributed by atoms with Crippen molar-refractivity contribution in [2.75, 3.05) is 12.8 Å². The van der Waals surface area contributed by atoms with E-state index in [1.54, 1.807) is 24.3 Å². The third-order valence-electron chi connectivity index (χ3n) is 4.07. The van der Waals surface area contributed by atoms with E-state index in [4.69, 9.17) is 10.5 Å². The molecule has 0 atom stereocenters. The number of aromatic amines is 1. The molecule has 4 aromatic rings. The minimum Gasteiger partial charge on any atom is -0.497 e. The van der Waals surface area contributed by atoms with E-state index in [0.29, 0.717) is 16.7 Å². The van der Waals surface area contributed by atoms with Gasteiger partial charge in [0.25, 0.3) is 0 Å². The van der Waals surface area contributed by atoms with Gasteiger partial charge < -0.3 is 10.5 Å². The molecule has 0 bridgehead atoms. The molecule has 0 unspecified atom stereocenters. The summed E-state index contributed by atoms with van der Waals surface area (Å²) in [6.45, 7) is 0. The van der Waals surface area contributed by atoms with E-state index in [2.05, 4.69) is 20.4 Å². The molecule has 4 rings (SSSR count). The highest BCUT2D eigenvalue weighted by Gasteiger charge is 2.23. The number of rotatable bonds is 3. The Morgan fingerprint density at radius 3 is 2.46 bits per heavy atom. The Kier molecular flexibility index (Phi) is 3.72. The topological polar surface area (TPSA) is 89.7 Å². The van der Waals surface area contributed by atoms with E-state index >= 15 is 0 Å². The summed E-state index contributed by atoms with van der Waals surface area (Å²) in [5, 5.41) is 15.0. The van der Waals surface area contributed by atoms with Crippen LogP contribution < -0.4 is 10.5 Å². The van der Waals surface area contributed by atoms with E-state index in [0.717, 1.165) is 0 Å². The first-order valence-corrected chi connectivity index (χ1v) is 7.69. The monoisotopic (exact) mass is 353 g/mol. The van der Waals surface area contributed by atoms with Gasteiger partial charge in [-0.25, -0.2) is 8.78 Å². The van der Waals surface area contributed by atoms with Crippen LogP contribution in [0.5, 0.6) is 5.75 Å². The van der Waals surface area contributed by atoms with Crippen molar-refractivity contribution in [1.29, 1.82) is 0 Å². The highest BCUT2D eigenvalue weighted by Crippen LogP contribution is 2.40. The number of hydrogen-bond donors (Lipinski definition) is 2. The first kappa shape index (κ1) is 15.9. The van der Waals surface area contributed by atoms with Gasteiger partial charge in [-0.1, -0.05) is 18.2 Å². The molecular weight excluding hydrogens is 340 g/mol. The van der Waals surface area contributed by atoms with Crippen molar-refractivity contribution in [1.82, 2.24) is 20.4 Å². The summed E-state index contributed by atoms with van der Waals surface area (Å²) in [6.07, 6.45) is 0. The molecule has 0 amide bonds. The fourth-order valence-corrected chi connectivity index (χ4v) is 2.89. The maximum Gasteiger partial charge on any atom is 0.180 e. The number of methoxy groups -OCH3 is 1. The van der Waals surface area contributed by atoms with Gasteiger partial charge in [0.2, 0.25) is 0 Å². The van der Waals surface area contributed by atoms with Gasteiger partial charge in [0.05, 0.1) is 18.1 Å². The quantitative estimate of drug-likeness (QED) is 0.588. The summed E-state index contributed by atoms with van der Waals surface area (Å²) in [7, 11) is 1.53. The zero-order valence-corrected chi connectivity index (χ0v) is 13.6. The molecule has 0 saturated heterocycles. The zero-order chi connectivity index (χ0) is 18.3. The van der Waals surface area contributed by atoms with Gasteiger partial charge >= 0.3 is 0 Å². The second-order valence-corrected chi connectivity index (χ2v) is 5.58. The lowest BCUT2D eigenvalue weighted by molar-refractivity contribution is 0.415. The van der Waals surface area contributed by atoms with Crippen LogP contribution in [0.15, 0.2) is 42.5 Å². The smallest absolute Gasteiger partial charge is 0.180 e. The average molecular weight is 353 g/mol. The lowest BCUT2D eigenvalue weighted by atomic mass is 9.96. The summed E-state index contributed by atoms with van der Waals surface area (Å²) >= 11 is 0. The zero-order valence-electron chi connectivity index (χ0n) is 13.6. The number of H-pyrrole nitrogens is 1. The Labute approximate surface area is 146 Å². The number of nitrogens with zero attached hydrogens (tertiary/aromatic N) is 3. The Bertz CT molecular complexity index is 1110. The number of anilines is 1. The van der Waals surface area contributed by atoms with Crippen molar-refractivity contribution in [3.05, 3.63) is 54.1 Å². The van der Waals surface area contributed by atoms with Crippen LogP contribution in [0.4, 0.5) is 14.6 Å². The minimum atomic E-state index is -0.732. The fourth-order valence-electron chi connectivity index (χ4n) is 2.89. The number of benzene rings is 2. The molecule has 130 valence electrons. The molecule has 8 heteroatoms. The van der Waals surface area contributed by atoms with Crippen molar-refractivity contribution in [3.63, 3.8) is 0 Å². The summed E-state index contributed by atoms with van der Waals surface area (Å²) in [5.74, 6) is -0.811. The number of fused-ring (bicyclic) bond motifs is 1. The molecule has 0 spiro atoms. The standard InChI is InChI=1S/C18H13F2N5O/c1-26-10-5-2-4-9(8-10)16-14(13-11(19)6-3-7-12(13)20)15-17(21)23-25-18(15)24-22-16/h2-8H,1H3,(H3,21,23,24,25). The van der Waals surface area contributed by atoms with E-state index in [1.807, 2.05) is 0 Å². The molecule has 2 heterocycles. The number of ether oxygens (including phenoxy) is 1. The second kappa shape index (κ2) is 6.07.